The summed E-state index contributed by atoms with van der Waals surface area (Å²) in [5.41, 5.74) is 2.73. The van der Waals surface area contributed by atoms with E-state index in [0.717, 1.165) is 11.1 Å². The molecule has 0 aliphatic carbocycles. The third kappa shape index (κ3) is 4.00. The maximum atomic E-state index is 10.9. The SMILES string of the molecule is COc1ccc(CNCc2ccc(C)c([N+](=O)[O-])c2)cn1. The molecule has 0 spiro atoms. The lowest BCUT2D eigenvalue weighted by Crippen LogP contribution is -2.13. The van der Waals surface area contributed by atoms with Crippen molar-refractivity contribution in [3.8, 4) is 5.88 Å². The van der Waals surface area contributed by atoms with Crippen LogP contribution in [0.5, 0.6) is 5.88 Å². The Labute approximate surface area is 122 Å². The second-order valence-electron chi connectivity index (χ2n) is 4.69. The topological polar surface area (TPSA) is 77.3 Å². The van der Waals surface area contributed by atoms with Gasteiger partial charge in [-0.2, -0.15) is 0 Å². The van der Waals surface area contributed by atoms with Crippen LogP contribution in [-0.4, -0.2) is 17.0 Å². The van der Waals surface area contributed by atoms with Gasteiger partial charge >= 0.3 is 0 Å². The summed E-state index contributed by atoms with van der Waals surface area (Å²) in [6.45, 7) is 2.93. The zero-order chi connectivity index (χ0) is 15.2. The quantitative estimate of drug-likeness (QED) is 0.652. The maximum Gasteiger partial charge on any atom is 0.272 e. The number of nitrogens with one attached hydrogen (secondary N) is 1. The minimum Gasteiger partial charge on any atom is -0.481 e. The van der Waals surface area contributed by atoms with Crippen LogP contribution in [0.25, 0.3) is 0 Å². The van der Waals surface area contributed by atoms with Crippen LogP contribution in [0.1, 0.15) is 16.7 Å². The summed E-state index contributed by atoms with van der Waals surface area (Å²) in [7, 11) is 1.57. The number of pyridine rings is 1. The first-order valence-corrected chi connectivity index (χ1v) is 6.53. The molecule has 6 nitrogen and oxygen atoms in total. The van der Waals surface area contributed by atoms with Gasteiger partial charge in [0, 0.05) is 37.0 Å². The molecule has 0 saturated carbocycles. The monoisotopic (exact) mass is 287 g/mol. The predicted octanol–water partition coefficient (Wildman–Crippen LogP) is 2.60. The molecule has 1 aromatic heterocycles. The van der Waals surface area contributed by atoms with Crippen molar-refractivity contribution in [2.75, 3.05) is 7.11 Å². The standard InChI is InChI=1S/C15H17N3O3/c1-11-3-4-12(7-14(11)18(19)20)8-16-9-13-5-6-15(21-2)17-10-13/h3-7,10,16H,8-9H2,1-2H3. The summed E-state index contributed by atoms with van der Waals surface area (Å²) in [6, 6.07) is 8.99. The number of hydrogen-bond acceptors (Lipinski definition) is 5. The van der Waals surface area contributed by atoms with Crippen LogP contribution in [0.3, 0.4) is 0 Å². The lowest BCUT2D eigenvalue weighted by Gasteiger charge is -2.06. The van der Waals surface area contributed by atoms with Crippen molar-refractivity contribution in [1.29, 1.82) is 0 Å². The molecule has 0 fully saturated rings. The van der Waals surface area contributed by atoms with Crippen LogP contribution in [0.15, 0.2) is 36.5 Å². The number of benzene rings is 1. The van der Waals surface area contributed by atoms with Crippen LogP contribution in [0.2, 0.25) is 0 Å². The molecule has 1 N–H and O–H groups in total. The van der Waals surface area contributed by atoms with Crippen molar-refractivity contribution in [2.24, 2.45) is 0 Å². The average Bonchev–Trinajstić information content (AvgIpc) is 2.49. The molecule has 21 heavy (non-hydrogen) atoms. The minimum atomic E-state index is -0.355. The lowest BCUT2D eigenvalue weighted by atomic mass is 10.1. The fourth-order valence-corrected chi connectivity index (χ4v) is 1.95. The Bertz CT molecular complexity index is 627. The Kier molecular flexibility index (Phi) is 4.84. The van der Waals surface area contributed by atoms with Crippen LogP contribution in [0, 0.1) is 17.0 Å². The number of nitrogens with zero attached hydrogens (tertiary/aromatic N) is 2. The Morgan fingerprint density at radius 3 is 2.57 bits per heavy atom. The Hall–Kier alpha value is -2.47. The molecule has 0 radical (unpaired) electrons. The highest BCUT2D eigenvalue weighted by Crippen LogP contribution is 2.19. The van der Waals surface area contributed by atoms with Gasteiger partial charge < -0.3 is 10.1 Å². The van der Waals surface area contributed by atoms with E-state index in [1.807, 2.05) is 12.1 Å². The first-order valence-electron chi connectivity index (χ1n) is 6.53. The number of nitro groups is 1. The van der Waals surface area contributed by atoms with Gasteiger partial charge in [0.2, 0.25) is 5.88 Å². The summed E-state index contributed by atoms with van der Waals surface area (Å²) < 4.78 is 4.99. The normalized spacial score (nSPS) is 10.4. The van der Waals surface area contributed by atoms with Gasteiger partial charge in [-0.3, -0.25) is 10.1 Å². The van der Waals surface area contributed by atoms with Gasteiger partial charge in [0.15, 0.2) is 0 Å². The zero-order valence-corrected chi connectivity index (χ0v) is 12.0. The van der Waals surface area contributed by atoms with Crippen LogP contribution in [-0.2, 0) is 13.1 Å². The minimum absolute atomic E-state index is 0.153. The van der Waals surface area contributed by atoms with E-state index in [-0.39, 0.29) is 10.6 Å². The average molecular weight is 287 g/mol. The van der Waals surface area contributed by atoms with E-state index < -0.39 is 0 Å². The summed E-state index contributed by atoms with van der Waals surface area (Å²) in [5.74, 6) is 0.577. The molecule has 2 rings (SSSR count). The van der Waals surface area contributed by atoms with Gasteiger partial charge in [-0.05, 0) is 18.1 Å². The molecule has 1 aromatic carbocycles. The van der Waals surface area contributed by atoms with E-state index in [2.05, 4.69) is 10.3 Å². The van der Waals surface area contributed by atoms with Gasteiger partial charge in [-0.25, -0.2) is 4.98 Å². The number of methoxy groups -OCH3 is 1. The number of nitro benzene ring substituents is 1. The second-order valence-corrected chi connectivity index (χ2v) is 4.69. The third-order valence-electron chi connectivity index (χ3n) is 3.14. The number of aryl methyl sites for hydroxylation is 1. The Morgan fingerprint density at radius 2 is 1.95 bits per heavy atom. The highest BCUT2D eigenvalue weighted by molar-refractivity contribution is 5.42. The molecular weight excluding hydrogens is 270 g/mol. The lowest BCUT2D eigenvalue weighted by molar-refractivity contribution is -0.385. The van der Waals surface area contributed by atoms with Crippen molar-refractivity contribution < 1.29 is 9.66 Å². The fraction of sp³-hybridized carbons (Fsp3) is 0.267. The predicted molar refractivity (Wildman–Crippen MR) is 79.2 cm³/mol. The van der Waals surface area contributed by atoms with Crippen molar-refractivity contribution in [2.45, 2.75) is 20.0 Å². The first kappa shape index (κ1) is 14.9. The van der Waals surface area contributed by atoms with E-state index >= 15 is 0 Å². The van der Waals surface area contributed by atoms with E-state index in [1.165, 1.54) is 0 Å². The largest absolute Gasteiger partial charge is 0.481 e. The van der Waals surface area contributed by atoms with Crippen molar-refractivity contribution in [3.05, 3.63) is 63.3 Å². The second kappa shape index (κ2) is 6.81. The van der Waals surface area contributed by atoms with E-state index in [1.54, 1.807) is 38.4 Å². The molecule has 110 valence electrons. The van der Waals surface area contributed by atoms with Gasteiger partial charge in [-0.15, -0.1) is 0 Å². The molecular formula is C15H17N3O3. The molecule has 0 unspecified atom stereocenters. The van der Waals surface area contributed by atoms with E-state index in [9.17, 15) is 10.1 Å². The van der Waals surface area contributed by atoms with Crippen molar-refractivity contribution >= 4 is 5.69 Å². The summed E-state index contributed by atoms with van der Waals surface area (Å²) in [4.78, 5) is 14.7. The molecule has 2 aromatic rings. The Balaban J connectivity index is 1.93. The fourth-order valence-electron chi connectivity index (χ4n) is 1.95. The molecule has 0 aliphatic rings. The summed E-state index contributed by atoms with van der Waals surface area (Å²) in [5, 5.41) is 14.1. The molecule has 1 heterocycles. The molecule has 6 heteroatoms. The van der Waals surface area contributed by atoms with Gasteiger partial charge in [0.25, 0.3) is 5.69 Å². The molecule has 0 amide bonds. The van der Waals surface area contributed by atoms with Crippen molar-refractivity contribution in [1.82, 2.24) is 10.3 Å². The Morgan fingerprint density at radius 1 is 1.24 bits per heavy atom. The highest BCUT2D eigenvalue weighted by atomic mass is 16.6. The van der Waals surface area contributed by atoms with Gasteiger partial charge in [-0.1, -0.05) is 18.2 Å². The smallest absolute Gasteiger partial charge is 0.272 e. The van der Waals surface area contributed by atoms with Gasteiger partial charge in [0.05, 0.1) is 12.0 Å². The van der Waals surface area contributed by atoms with E-state index in [0.29, 0.717) is 24.5 Å². The summed E-state index contributed by atoms with van der Waals surface area (Å²) >= 11 is 0. The highest BCUT2D eigenvalue weighted by Gasteiger charge is 2.10. The molecule has 0 atom stereocenters. The number of rotatable bonds is 6. The van der Waals surface area contributed by atoms with Crippen molar-refractivity contribution in [3.63, 3.8) is 0 Å². The third-order valence-corrected chi connectivity index (χ3v) is 3.14. The molecule has 0 aliphatic heterocycles. The van der Waals surface area contributed by atoms with Crippen LogP contribution >= 0.6 is 0 Å². The molecule has 0 saturated heterocycles. The number of ether oxygens (including phenoxy) is 1. The van der Waals surface area contributed by atoms with E-state index in [4.69, 9.17) is 4.74 Å². The number of aromatic nitrogens is 1. The van der Waals surface area contributed by atoms with Crippen LogP contribution in [0.4, 0.5) is 5.69 Å². The number of hydrogen-bond donors (Lipinski definition) is 1. The van der Waals surface area contributed by atoms with Gasteiger partial charge in [0.1, 0.15) is 0 Å². The summed E-state index contributed by atoms with van der Waals surface area (Å²) in [6.07, 6.45) is 1.74. The zero-order valence-electron chi connectivity index (χ0n) is 12.0. The first-order chi connectivity index (χ1) is 10.1. The maximum absolute atomic E-state index is 10.9. The molecule has 0 bridgehead atoms. The van der Waals surface area contributed by atoms with Crippen LogP contribution < -0.4 is 10.1 Å².